The molecular formula is C32H37N5O5. The van der Waals surface area contributed by atoms with E-state index in [1.54, 1.807) is 35.0 Å². The number of carbonyl (C=O) groups is 3. The van der Waals surface area contributed by atoms with Crippen LogP contribution in [0.1, 0.15) is 32.3 Å². The largest absolute Gasteiger partial charge is 0.491 e. The van der Waals surface area contributed by atoms with Gasteiger partial charge >= 0.3 is 12.0 Å². The van der Waals surface area contributed by atoms with Gasteiger partial charge in [0.25, 0.3) is 0 Å². The van der Waals surface area contributed by atoms with E-state index in [9.17, 15) is 14.4 Å². The molecule has 3 aromatic rings. The number of nitrogens with one attached hydrogen (secondary N) is 2. The molecule has 0 spiro atoms. The quantitative estimate of drug-likeness (QED) is 0.238. The minimum Gasteiger partial charge on any atom is -0.491 e. The number of benzene rings is 3. The van der Waals surface area contributed by atoms with E-state index < -0.39 is 12.0 Å². The van der Waals surface area contributed by atoms with E-state index in [0.29, 0.717) is 49.7 Å². The lowest BCUT2D eigenvalue weighted by atomic mass is 10.1. The van der Waals surface area contributed by atoms with E-state index in [4.69, 9.17) is 14.5 Å². The second kappa shape index (κ2) is 14.7. The predicted molar refractivity (Wildman–Crippen MR) is 163 cm³/mol. The molecule has 0 saturated carbocycles. The average Bonchev–Trinajstić information content (AvgIpc) is 2.99. The van der Waals surface area contributed by atoms with E-state index in [1.165, 1.54) is 0 Å². The van der Waals surface area contributed by atoms with Crippen LogP contribution in [0.3, 0.4) is 0 Å². The molecule has 2 N–H and O–H groups in total. The summed E-state index contributed by atoms with van der Waals surface area (Å²) >= 11 is 0. The van der Waals surface area contributed by atoms with Crippen LogP contribution in [-0.4, -0.2) is 55.6 Å². The van der Waals surface area contributed by atoms with Crippen LogP contribution in [0.4, 0.5) is 21.9 Å². The fourth-order valence-corrected chi connectivity index (χ4v) is 4.25. The predicted octanol–water partition coefficient (Wildman–Crippen LogP) is 5.33. The number of esters is 1. The Kier molecular flexibility index (Phi) is 10.5. The molecule has 0 atom stereocenters. The second-order valence-electron chi connectivity index (χ2n) is 10.3. The van der Waals surface area contributed by atoms with Gasteiger partial charge in [0.1, 0.15) is 18.0 Å². The third kappa shape index (κ3) is 8.57. The van der Waals surface area contributed by atoms with Crippen LogP contribution < -0.4 is 20.3 Å². The van der Waals surface area contributed by atoms with Gasteiger partial charge in [-0.2, -0.15) is 0 Å². The molecule has 220 valence electrons. The topological polar surface area (TPSA) is 113 Å². The van der Waals surface area contributed by atoms with Crippen molar-refractivity contribution in [3.8, 4) is 5.75 Å². The number of guanidine groups is 1. The molecule has 0 radical (unpaired) electrons. The maximum Gasteiger partial charge on any atom is 0.326 e. The monoisotopic (exact) mass is 571 g/mol. The Morgan fingerprint density at radius 2 is 1.67 bits per heavy atom. The summed E-state index contributed by atoms with van der Waals surface area (Å²) in [6, 6.07) is 23.6. The highest BCUT2D eigenvalue weighted by molar-refractivity contribution is 6.04. The van der Waals surface area contributed by atoms with Gasteiger partial charge < -0.3 is 24.6 Å². The summed E-state index contributed by atoms with van der Waals surface area (Å²) in [6.45, 7) is 4.77. The van der Waals surface area contributed by atoms with Crippen LogP contribution in [0.25, 0.3) is 0 Å². The van der Waals surface area contributed by atoms with E-state index in [-0.39, 0.29) is 24.3 Å². The van der Waals surface area contributed by atoms with E-state index in [2.05, 4.69) is 10.6 Å². The third-order valence-corrected chi connectivity index (χ3v) is 6.43. The number of amides is 3. The molecule has 0 unspecified atom stereocenters. The molecule has 1 heterocycles. The minimum absolute atomic E-state index is 0.00572. The number of anilines is 2. The fraction of sp³-hybridized carbons (Fsp3) is 0.312. The van der Waals surface area contributed by atoms with Gasteiger partial charge in [0, 0.05) is 37.0 Å². The number of para-hydroxylation sites is 3. The first-order chi connectivity index (χ1) is 20.3. The number of nitrogens with zero attached hydrogens (tertiary/aromatic N) is 3. The normalized spacial score (nSPS) is 12.2. The lowest BCUT2D eigenvalue weighted by Crippen LogP contribution is -2.48. The number of rotatable bonds is 11. The average molecular weight is 572 g/mol. The summed E-state index contributed by atoms with van der Waals surface area (Å²) in [7, 11) is 1.76. The molecule has 0 bridgehead atoms. The van der Waals surface area contributed by atoms with Gasteiger partial charge in [0.15, 0.2) is 0 Å². The van der Waals surface area contributed by atoms with Crippen LogP contribution in [-0.2, 0) is 20.9 Å². The Balaban J connectivity index is 1.44. The van der Waals surface area contributed by atoms with Crippen molar-refractivity contribution in [2.75, 3.05) is 37.0 Å². The summed E-state index contributed by atoms with van der Waals surface area (Å²) in [6.07, 6.45) is 0.838. The number of aliphatic imine (C=N–C) groups is 1. The molecule has 1 aliphatic heterocycles. The van der Waals surface area contributed by atoms with Crippen LogP contribution >= 0.6 is 0 Å². The Bertz CT molecular complexity index is 1390. The zero-order valence-electron chi connectivity index (χ0n) is 24.2. The Labute approximate surface area is 246 Å². The van der Waals surface area contributed by atoms with E-state index in [0.717, 1.165) is 11.3 Å². The van der Waals surface area contributed by atoms with Crippen LogP contribution in [0, 0.1) is 5.92 Å². The molecular weight excluding hydrogens is 534 g/mol. The molecule has 0 aliphatic carbocycles. The molecule has 10 nitrogen and oxygen atoms in total. The van der Waals surface area contributed by atoms with Crippen molar-refractivity contribution in [3.05, 3.63) is 84.4 Å². The molecule has 0 fully saturated rings. The highest BCUT2D eigenvalue weighted by Crippen LogP contribution is 2.35. The van der Waals surface area contributed by atoms with Crippen molar-refractivity contribution in [1.82, 2.24) is 10.2 Å². The first-order valence-corrected chi connectivity index (χ1v) is 14.0. The summed E-state index contributed by atoms with van der Waals surface area (Å²) in [4.78, 5) is 46.1. The fourth-order valence-electron chi connectivity index (χ4n) is 4.25. The van der Waals surface area contributed by atoms with Gasteiger partial charge in [-0.1, -0.05) is 62.4 Å². The van der Waals surface area contributed by atoms with Crippen molar-refractivity contribution >= 4 is 40.9 Å². The van der Waals surface area contributed by atoms with Crippen molar-refractivity contribution in [3.63, 3.8) is 0 Å². The molecule has 0 aromatic heterocycles. The van der Waals surface area contributed by atoms with Crippen molar-refractivity contribution < 1.29 is 23.9 Å². The van der Waals surface area contributed by atoms with Crippen LogP contribution in [0.5, 0.6) is 5.75 Å². The third-order valence-electron chi connectivity index (χ3n) is 6.43. The zero-order valence-corrected chi connectivity index (χ0v) is 24.2. The number of carbonyl (C=O) groups excluding carboxylic acids is 3. The van der Waals surface area contributed by atoms with Crippen molar-refractivity contribution in [2.24, 2.45) is 10.9 Å². The Morgan fingerprint density at radius 3 is 2.38 bits per heavy atom. The molecule has 3 amide bonds. The summed E-state index contributed by atoms with van der Waals surface area (Å²) in [5.74, 6) is 0.512. The summed E-state index contributed by atoms with van der Waals surface area (Å²) in [5.41, 5.74) is 2.85. The molecule has 42 heavy (non-hydrogen) atoms. The first-order valence-electron chi connectivity index (χ1n) is 14.0. The Morgan fingerprint density at radius 1 is 0.952 bits per heavy atom. The second-order valence-corrected chi connectivity index (χ2v) is 10.3. The molecule has 1 aliphatic rings. The van der Waals surface area contributed by atoms with Crippen LogP contribution in [0.2, 0.25) is 0 Å². The van der Waals surface area contributed by atoms with Gasteiger partial charge in [0.05, 0.1) is 13.2 Å². The first kappa shape index (κ1) is 30.1. The van der Waals surface area contributed by atoms with Gasteiger partial charge in [-0.3, -0.25) is 14.9 Å². The summed E-state index contributed by atoms with van der Waals surface area (Å²) < 4.78 is 11.4. The highest BCUT2D eigenvalue weighted by atomic mass is 16.5. The number of fused-ring (bicyclic) bond motifs is 1. The van der Waals surface area contributed by atoms with Crippen molar-refractivity contribution in [2.45, 2.75) is 33.2 Å². The molecule has 3 aromatic carbocycles. The lowest BCUT2D eigenvalue weighted by molar-refractivity contribution is -0.145. The van der Waals surface area contributed by atoms with Crippen molar-refractivity contribution in [1.29, 1.82) is 0 Å². The standard InChI is InChI=1S/C32H37N5O5/c1-23(2)22-42-29(39)21-37-20-24-12-10-17-27(41-19-11-18-28(38)36(3)26-15-8-5-9-16-26)30(24)34-31(37)35-32(40)33-25-13-6-4-7-14-25/h4-10,12-17,23H,11,18-22H2,1-3H3,(H2,33,34,35,40). The summed E-state index contributed by atoms with van der Waals surface area (Å²) in [5, 5.41) is 5.55. The SMILES string of the molecule is CC(C)COC(=O)CN1Cc2cccc(OCCCC(=O)N(C)c3ccccc3)c2N=C1NC(=O)Nc1ccccc1. The van der Waals surface area contributed by atoms with Gasteiger partial charge in [-0.05, 0) is 42.7 Å². The van der Waals surface area contributed by atoms with Gasteiger partial charge in [-0.15, -0.1) is 0 Å². The molecule has 4 rings (SSSR count). The minimum atomic E-state index is -0.497. The van der Waals surface area contributed by atoms with Crippen LogP contribution in [0.15, 0.2) is 83.9 Å². The molecule has 10 heteroatoms. The number of hydrogen-bond acceptors (Lipinski definition) is 7. The Hall–Kier alpha value is -4.86. The highest BCUT2D eigenvalue weighted by Gasteiger charge is 2.26. The maximum absolute atomic E-state index is 12.8. The number of urea groups is 1. The van der Waals surface area contributed by atoms with Gasteiger partial charge in [0.2, 0.25) is 11.9 Å². The van der Waals surface area contributed by atoms with Gasteiger partial charge in [-0.25, -0.2) is 9.79 Å². The molecule has 0 saturated heterocycles. The number of ether oxygens (including phenoxy) is 2. The van der Waals surface area contributed by atoms with E-state index in [1.807, 2.05) is 74.5 Å². The smallest absolute Gasteiger partial charge is 0.326 e. The lowest BCUT2D eigenvalue weighted by Gasteiger charge is -2.30. The maximum atomic E-state index is 12.8. The van der Waals surface area contributed by atoms with E-state index >= 15 is 0 Å². The number of hydrogen-bond donors (Lipinski definition) is 2. The zero-order chi connectivity index (χ0) is 29.9.